The summed E-state index contributed by atoms with van der Waals surface area (Å²) < 4.78 is 58.9. The van der Waals surface area contributed by atoms with Gasteiger partial charge in [0.2, 0.25) is 5.82 Å². The Morgan fingerprint density at radius 2 is 1.86 bits per heavy atom. The Hall–Kier alpha value is -3.30. The number of carboxylic acids is 1. The van der Waals surface area contributed by atoms with E-state index >= 15 is 0 Å². The zero-order valence-corrected chi connectivity index (χ0v) is 25.7. The van der Waals surface area contributed by atoms with Gasteiger partial charge in [0.1, 0.15) is 17.1 Å². The Balaban J connectivity index is 1.14. The first kappa shape index (κ1) is 29.4. The average molecular weight is 739 g/mol. The summed E-state index contributed by atoms with van der Waals surface area (Å²) in [5, 5.41) is 18.1. The fraction of sp³-hybridized carbons (Fsp3) is 0.367. The van der Waals surface area contributed by atoms with Crippen molar-refractivity contribution in [1.82, 2.24) is 20.3 Å². The van der Waals surface area contributed by atoms with Crippen LogP contribution < -0.4 is 0 Å². The van der Waals surface area contributed by atoms with Crippen LogP contribution in [0.25, 0.3) is 28.7 Å². The molecule has 0 amide bonds. The summed E-state index contributed by atoms with van der Waals surface area (Å²) in [6.07, 6.45) is 7.50. The van der Waals surface area contributed by atoms with E-state index in [1.165, 1.54) is 0 Å². The molecule has 44 heavy (non-hydrogen) atoms. The molecule has 9 nitrogen and oxygen atoms in total. The highest BCUT2D eigenvalue weighted by atomic mass is 127. The van der Waals surface area contributed by atoms with Crippen molar-refractivity contribution in [1.29, 1.82) is 0 Å². The number of aromatic nitrogens is 4. The number of benzene rings is 1. The first-order valence-electron chi connectivity index (χ1n) is 13.9. The Bertz CT molecular complexity index is 1770. The lowest BCUT2D eigenvalue weighted by atomic mass is 9.65. The number of fused-ring (bicyclic) bond motifs is 3. The normalized spacial score (nSPS) is 23.5. The van der Waals surface area contributed by atoms with E-state index in [2.05, 4.69) is 55.0 Å². The maximum absolute atomic E-state index is 13.4. The molecule has 1 aromatic carbocycles. The number of ether oxygens (including phenoxy) is 1. The van der Waals surface area contributed by atoms with Crippen molar-refractivity contribution >= 4 is 46.2 Å². The minimum Gasteiger partial charge on any atom is -0.478 e. The molecule has 2 saturated carbocycles. The monoisotopic (exact) mass is 738 g/mol. The van der Waals surface area contributed by atoms with Crippen LogP contribution in [0.1, 0.15) is 77.6 Å². The van der Waals surface area contributed by atoms with Crippen LogP contribution in [0.4, 0.5) is 13.2 Å². The second-order valence-corrected chi connectivity index (χ2v) is 13.1. The van der Waals surface area contributed by atoms with Gasteiger partial charge in [-0.25, -0.2) is 4.79 Å². The third-order valence-corrected chi connectivity index (χ3v) is 9.77. The number of hydrogen-bond donors (Lipinski definition) is 1. The molecule has 0 spiro atoms. The summed E-state index contributed by atoms with van der Waals surface area (Å²) in [4.78, 5) is 20.0. The number of carbonyl (C=O) groups is 1. The zero-order valence-electron chi connectivity index (χ0n) is 22.8. The number of alkyl halides is 3. The Morgan fingerprint density at radius 1 is 1.09 bits per heavy atom. The standard InChI is InChI=1S/C30H23ClF3IN4O5/c31-20-12-36-13-21(35)22(20)23-19(24(43-38-23)15-1-2-15)3-4-28-5-7-29(8-6-28,42-14-28)27-37-25(39-44-27)16-9-17(26(40)41)11-18(10-16)30(32,33)34/h3-4,9-13,15H,1-2,5-8,14H2,(H,40,41)/b4-3+. The van der Waals surface area contributed by atoms with Crippen molar-refractivity contribution in [3.8, 4) is 22.6 Å². The lowest BCUT2D eigenvalue weighted by Crippen LogP contribution is -2.48. The van der Waals surface area contributed by atoms with E-state index in [0.29, 0.717) is 42.1 Å². The van der Waals surface area contributed by atoms with Crippen molar-refractivity contribution in [2.24, 2.45) is 5.41 Å². The van der Waals surface area contributed by atoms with Crippen LogP contribution in [-0.2, 0) is 16.5 Å². The molecule has 0 atom stereocenters. The summed E-state index contributed by atoms with van der Waals surface area (Å²) in [5.41, 5.74) is -0.511. The molecule has 2 saturated heterocycles. The molecule has 8 rings (SSSR count). The van der Waals surface area contributed by atoms with Crippen LogP contribution in [0.15, 0.2) is 45.7 Å². The van der Waals surface area contributed by atoms with Gasteiger partial charge >= 0.3 is 12.1 Å². The number of halogens is 5. The minimum absolute atomic E-state index is 0.104. The lowest BCUT2D eigenvalue weighted by molar-refractivity contribution is -0.186. The van der Waals surface area contributed by atoms with Crippen LogP contribution in [0.2, 0.25) is 5.02 Å². The number of nitrogens with zero attached hydrogens (tertiary/aromatic N) is 4. The topological polar surface area (TPSA) is 124 Å². The summed E-state index contributed by atoms with van der Waals surface area (Å²) >= 11 is 8.71. The van der Waals surface area contributed by atoms with Crippen molar-refractivity contribution in [2.45, 2.75) is 56.2 Å². The molecule has 3 aromatic heterocycles. The summed E-state index contributed by atoms with van der Waals surface area (Å²) in [5.74, 6) is -0.294. The van der Waals surface area contributed by atoms with E-state index in [-0.39, 0.29) is 22.7 Å². The Morgan fingerprint density at radius 3 is 2.50 bits per heavy atom. The largest absolute Gasteiger partial charge is 0.478 e. The molecule has 5 heterocycles. The smallest absolute Gasteiger partial charge is 0.416 e. The van der Waals surface area contributed by atoms with Crippen molar-refractivity contribution in [3.05, 3.63) is 73.6 Å². The van der Waals surface area contributed by atoms with Gasteiger partial charge in [-0.1, -0.05) is 34.1 Å². The van der Waals surface area contributed by atoms with E-state index in [1.807, 2.05) is 0 Å². The van der Waals surface area contributed by atoms with E-state index in [4.69, 9.17) is 25.4 Å². The van der Waals surface area contributed by atoms with Crippen LogP contribution in [0.5, 0.6) is 0 Å². The van der Waals surface area contributed by atoms with Gasteiger partial charge in [-0.3, -0.25) is 4.98 Å². The van der Waals surface area contributed by atoms with E-state index in [0.717, 1.165) is 58.3 Å². The van der Waals surface area contributed by atoms with Gasteiger partial charge in [-0.2, -0.15) is 18.2 Å². The highest BCUT2D eigenvalue weighted by Crippen LogP contribution is 2.55. The number of rotatable bonds is 7. The SMILES string of the molecule is O=C(O)c1cc(-c2noc(C34CCC(/C=C/c5c(-c6c(Cl)cncc6I)noc5C5CC5)(CC3)CO4)n2)cc(C(F)(F)F)c1. The van der Waals surface area contributed by atoms with Gasteiger partial charge in [0.05, 0.1) is 22.8 Å². The summed E-state index contributed by atoms with van der Waals surface area (Å²) in [7, 11) is 0. The molecular weight excluding hydrogens is 716 g/mol. The number of pyridine rings is 1. The van der Waals surface area contributed by atoms with Crippen LogP contribution in [-0.4, -0.2) is 38.0 Å². The van der Waals surface area contributed by atoms with Crippen molar-refractivity contribution in [3.63, 3.8) is 0 Å². The molecule has 228 valence electrons. The molecule has 0 unspecified atom stereocenters. The predicted octanol–water partition coefficient (Wildman–Crippen LogP) is 8.14. The summed E-state index contributed by atoms with van der Waals surface area (Å²) in [6.45, 7) is 0.376. The summed E-state index contributed by atoms with van der Waals surface area (Å²) in [6, 6.07) is 2.48. The van der Waals surface area contributed by atoms with E-state index < -0.39 is 28.9 Å². The van der Waals surface area contributed by atoms with Gasteiger partial charge in [-0.15, -0.1) is 0 Å². The molecule has 0 radical (unpaired) electrons. The Kier molecular flexibility index (Phi) is 7.12. The predicted molar refractivity (Wildman–Crippen MR) is 159 cm³/mol. The second kappa shape index (κ2) is 10.7. The fourth-order valence-corrected chi connectivity index (χ4v) is 7.09. The first-order valence-corrected chi connectivity index (χ1v) is 15.3. The number of aromatic carboxylic acids is 1. The fourth-order valence-electron chi connectivity index (χ4n) is 5.97. The first-order chi connectivity index (χ1) is 21.0. The number of carboxylic acid groups (broad SMARTS) is 1. The second-order valence-electron chi connectivity index (χ2n) is 11.6. The molecule has 2 aliphatic carbocycles. The third kappa shape index (κ3) is 5.21. The average Bonchev–Trinajstić information content (AvgIpc) is 3.56. The molecule has 4 aromatic rings. The van der Waals surface area contributed by atoms with Gasteiger partial charge in [0.25, 0.3) is 5.89 Å². The molecule has 2 aliphatic heterocycles. The molecule has 4 fully saturated rings. The van der Waals surface area contributed by atoms with E-state index in [1.54, 1.807) is 12.4 Å². The van der Waals surface area contributed by atoms with Crippen molar-refractivity contribution < 1.29 is 36.9 Å². The molecule has 14 heteroatoms. The molecule has 1 N–H and O–H groups in total. The van der Waals surface area contributed by atoms with Crippen molar-refractivity contribution in [2.75, 3.05) is 6.61 Å². The maximum atomic E-state index is 13.4. The molecular formula is C30H23ClF3IN4O5. The zero-order chi connectivity index (χ0) is 30.9. The van der Waals surface area contributed by atoms with Crippen LogP contribution in [0, 0.1) is 8.99 Å². The highest BCUT2D eigenvalue weighted by Gasteiger charge is 2.53. The van der Waals surface area contributed by atoms with Gasteiger partial charge in [0, 0.05) is 44.0 Å². The van der Waals surface area contributed by atoms with Gasteiger partial charge < -0.3 is 18.9 Å². The Labute approximate surface area is 267 Å². The molecule has 2 bridgehead atoms. The molecule has 4 aliphatic rings. The van der Waals surface area contributed by atoms with Gasteiger partial charge in [-0.05, 0) is 79.3 Å². The lowest BCUT2D eigenvalue weighted by Gasteiger charge is -2.50. The van der Waals surface area contributed by atoms with Crippen LogP contribution in [0.3, 0.4) is 0 Å². The van der Waals surface area contributed by atoms with Gasteiger partial charge in [0.15, 0.2) is 0 Å². The minimum atomic E-state index is -4.74. The third-order valence-electron chi connectivity index (χ3n) is 8.67. The maximum Gasteiger partial charge on any atom is 0.416 e. The highest BCUT2D eigenvalue weighted by molar-refractivity contribution is 14.1. The van der Waals surface area contributed by atoms with E-state index in [9.17, 15) is 23.1 Å². The number of hydrogen-bond acceptors (Lipinski definition) is 8. The quantitative estimate of drug-likeness (QED) is 0.187. The van der Waals surface area contributed by atoms with Crippen LogP contribution >= 0.6 is 34.2 Å².